The van der Waals surface area contributed by atoms with Gasteiger partial charge >= 0.3 is 0 Å². The molecule has 2 heterocycles. The van der Waals surface area contributed by atoms with Crippen LogP contribution in [0.3, 0.4) is 0 Å². The van der Waals surface area contributed by atoms with Crippen LogP contribution in [-0.4, -0.2) is 10.9 Å². The van der Waals surface area contributed by atoms with Crippen LogP contribution in [0.25, 0.3) is 0 Å². The zero-order chi connectivity index (χ0) is 11.3. The maximum atomic E-state index is 2.73. The summed E-state index contributed by atoms with van der Waals surface area (Å²) in [6.07, 6.45) is 2.72. The summed E-state index contributed by atoms with van der Waals surface area (Å²) >= 11 is 0. The zero-order valence-electron chi connectivity index (χ0n) is 10.5. The number of fused-ring (bicyclic) bond motifs is 5. The quantitative estimate of drug-likeness (QED) is 0.686. The van der Waals surface area contributed by atoms with Gasteiger partial charge in [-0.1, -0.05) is 31.2 Å². The Morgan fingerprint density at radius 2 is 1.81 bits per heavy atom. The van der Waals surface area contributed by atoms with Crippen LogP contribution in [-0.2, 0) is 0 Å². The normalized spacial score (nSPS) is 33.1. The minimum absolute atomic E-state index is 0.658. The Bertz CT molecular complexity index is 396. The number of piperidine rings is 1. The maximum absolute atomic E-state index is 2.73. The van der Waals surface area contributed by atoms with Crippen LogP contribution in [0.5, 0.6) is 0 Å². The second-order valence-electron chi connectivity index (χ2n) is 5.69. The Kier molecular flexibility index (Phi) is 2.32. The van der Waals surface area contributed by atoms with E-state index in [0.29, 0.717) is 18.1 Å². The van der Waals surface area contributed by atoms with E-state index < -0.39 is 0 Å². The lowest BCUT2D eigenvalue weighted by atomic mass is 9.89. The fraction of sp³-hybridized carbons (Fsp3) is 0.600. The fourth-order valence-corrected chi connectivity index (χ4v) is 3.76. The largest absolute Gasteiger partial charge is 0.287 e. The summed E-state index contributed by atoms with van der Waals surface area (Å²) < 4.78 is 0. The van der Waals surface area contributed by atoms with Crippen molar-refractivity contribution in [2.45, 2.75) is 51.7 Å². The predicted octanol–water partition coefficient (Wildman–Crippen LogP) is 3.92. The first kappa shape index (κ1) is 10.3. The van der Waals surface area contributed by atoms with Gasteiger partial charge in [0.05, 0.1) is 0 Å². The average Bonchev–Trinajstić information content (AvgIpc) is 2.54. The van der Waals surface area contributed by atoms with Gasteiger partial charge in [-0.2, -0.15) is 0 Å². The summed E-state index contributed by atoms with van der Waals surface area (Å²) in [6.45, 7) is 7.09. The summed E-state index contributed by atoms with van der Waals surface area (Å²) in [7, 11) is 0. The van der Waals surface area contributed by atoms with Gasteiger partial charge in [0, 0.05) is 18.1 Å². The highest BCUT2D eigenvalue weighted by Crippen LogP contribution is 2.53. The van der Waals surface area contributed by atoms with Crippen molar-refractivity contribution in [2.75, 3.05) is 0 Å². The molecule has 0 saturated carbocycles. The second-order valence-corrected chi connectivity index (χ2v) is 5.69. The molecule has 0 radical (unpaired) electrons. The van der Waals surface area contributed by atoms with Crippen molar-refractivity contribution >= 4 is 0 Å². The fourth-order valence-electron chi connectivity index (χ4n) is 3.76. The van der Waals surface area contributed by atoms with Gasteiger partial charge in [0.2, 0.25) is 0 Å². The Morgan fingerprint density at radius 1 is 1.12 bits per heavy atom. The van der Waals surface area contributed by atoms with Gasteiger partial charge in [-0.25, -0.2) is 0 Å². The molecule has 0 aliphatic carbocycles. The first-order chi connectivity index (χ1) is 7.70. The van der Waals surface area contributed by atoms with E-state index >= 15 is 0 Å². The molecule has 3 unspecified atom stereocenters. The highest BCUT2D eigenvalue weighted by Gasteiger charge is 2.44. The van der Waals surface area contributed by atoms with Crippen molar-refractivity contribution in [3.8, 4) is 0 Å². The number of nitrogens with zero attached hydrogens (tertiary/aromatic N) is 1. The van der Waals surface area contributed by atoms with Gasteiger partial charge in [0.1, 0.15) is 0 Å². The van der Waals surface area contributed by atoms with E-state index in [4.69, 9.17) is 0 Å². The first-order valence-electron chi connectivity index (χ1n) is 6.56. The lowest BCUT2D eigenvalue weighted by Crippen LogP contribution is -2.39. The summed E-state index contributed by atoms with van der Waals surface area (Å²) in [5.41, 5.74) is 3.21. The third kappa shape index (κ3) is 1.27. The van der Waals surface area contributed by atoms with E-state index in [0.717, 1.165) is 5.92 Å². The van der Waals surface area contributed by atoms with E-state index in [1.165, 1.54) is 12.8 Å². The third-order valence-electron chi connectivity index (χ3n) is 4.39. The summed E-state index contributed by atoms with van der Waals surface area (Å²) in [5.74, 6) is 0.808. The topological polar surface area (TPSA) is 3.24 Å². The number of benzene rings is 1. The first-order valence-corrected chi connectivity index (χ1v) is 6.56. The third-order valence-corrected chi connectivity index (χ3v) is 4.39. The SMILES string of the molecule is CC1CCC2c3ccccc3C1N2C(C)C. The van der Waals surface area contributed by atoms with Crippen LogP contribution in [0, 0.1) is 5.92 Å². The van der Waals surface area contributed by atoms with Crippen molar-refractivity contribution in [1.82, 2.24) is 4.90 Å². The second kappa shape index (κ2) is 3.59. The number of hydrogen-bond acceptors (Lipinski definition) is 1. The van der Waals surface area contributed by atoms with Gasteiger partial charge in [0.15, 0.2) is 0 Å². The molecule has 1 nitrogen and oxygen atoms in total. The molecular weight excluding hydrogens is 194 g/mol. The van der Waals surface area contributed by atoms with Gasteiger partial charge in [-0.15, -0.1) is 0 Å². The molecule has 0 aromatic heterocycles. The van der Waals surface area contributed by atoms with E-state index in [2.05, 4.69) is 49.9 Å². The van der Waals surface area contributed by atoms with Crippen LogP contribution in [0.4, 0.5) is 0 Å². The Hall–Kier alpha value is -0.820. The van der Waals surface area contributed by atoms with Gasteiger partial charge in [0.25, 0.3) is 0 Å². The molecule has 0 amide bonds. The Morgan fingerprint density at radius 3 is 2.50 bits per heavy atom. The summed E-state index contributed by atoms with van der Waals surface area (Å²) in [5, 5.41) is 0. The van der Waals surface area contributed by atoms with Crippen molar-refractivity contribution in [3.05, 3.63) is 35.4 Å². The molecule has 3 rings (SSSR count). The minimum atomic E-state index is 0.658. The zero-order valence-corrected chi connectivity index (χ0v) is 10.5. The molecule has 2 bridgehead atoms. The molecule has 2 aliphatic heterocycles. The van der Waals surface area contributed by atoms with Crippen LogP contribution in [0.15, 0.2) is 24.3 Å². The maximum Gasteiger partial charge on any atom is 0.0385 e. The molecule has 16 heavy (non-hydrogen) atoms. The molecule has 1 fully saturated rings. The molecule has 2 aliphatic rings. The Labute approximate surface area is 98.5 Å². The molecular formula is C15H21N. The molecule has 0 N–H and O–H groups in total. The molecule has 0 spiro atoms. The van der Waals surface area contributed by atoms with Crippen molar-refractivity contribution < 1.29 is 0 Å². The summed E-state index contributed by atoms with van der Waals surface area (Å²) in [4.78, 5) is 2.73. The van der Waals surface area contributed by atoms with E-state index in [1.54, 1.807) is 11.1 Å². The van der Waals surface area contributed by atoms with Crippen LogP contribution in [0.2, 0.25) is 0 Å². The smallest absolute Gasteiger partial charge is 0.0385 e. The lowest BCUT2D eigenvalue weighted by Gasteiger charge is -2.41. The summed E-state index contributed by atoms with van der Waals surface area (Å²) in [6, 6.07) is 11.1. The molecule has 1 saturated heterocycles. The van der Waals surface area contributed by atoms with Crippen molar-refractivity contribution in [2.24, 2.45) is 5.92 Å². The van der Waals surface area contributed by atoms with Crippen molar-refractivity contribution in [1.29, 1.82) is 0 Å². The molecule has 1 aromatic rings. The van der Waals surface area contributed by atoms with Crippen LogP contribution >= 0.6 is 0 Å². The molecule has 1 heteroatoms. The van der Waals surface area contributed by atoms with Crippen LogP contribution in [0.1, 0.15) is 56.8 Å². The highest BCUT2D eigenvalue weighted by atomic mass is 15.2. The van der Waals surface area contributed by atoms with E-state index in [1.807, 2.05) is 0 Å². The lowest BCUT2D eigenvalue weighted by molar-refractivity contribution is 0.0395. The molecule has 86 valence electrons. The monoisotopic (exact) mass is 215 g/mol. The molecule has 1 aromatic carbocycles. The van der Waals surface area contributed by atoms with Gasteiger partial charge in [-0.3, -0.25) is 4.90 Å². The van der Waals surface area contributed by atoms with E-state index in [9.17, 15) is 0 Å². The predicted molar refractivity (Wildman–Crippen MR) is 67.3 cm³/mol. The Balaban J connectivity index is 2.11. The minimum Gasteiger partial charge on any atom is -0.287 e. The highest BCUT2D eigenvalue weighted by molar-refractivity contribution is 5.39. The van der Waals surface area contributed by atoms with Gasteiger partial charge in [-0.05, 0) is 43.7 Å². The molecule has 3 atom stereocenters. The van der Waals surface area contributed by atoms with Crippen LogP contribution < -0.4 is 0 Å². The standard InChI is InChI=1S/C15H21N/c1-10(2)16-14-9-8-11(3)15(16)13-7-5-4-6-12(13)14/h4-7,10-11,14-15H,8-9H2,1-3H3. The van der Waals surface area contributed by atoms with E-state index in [-0.39, 0.29) is 0 Å². The number of hydrogen-bond donors (Lipinski definition) is 0. The van der Waals surface area contributed by atoms with Gasteiger partial charge < -0.3 is 0 Å². The number of rotatable bonds is 1. The average molecular weight is 215 g/mol. The van der Waals surface area contributed by atoms with Crippen molar-refractivity contribution in [3.63, 3.8) is 0 Å².